The van der Waals surface area contributed by atoms with Gasteiger partial charge in [0.2, 0.25) is 0 Å². The van der Waals surface area contributed by atoms with Gasteiger partial charge in [-0.25, -0.2) is 0 Å². The van der Waals surface area contributed by atoms with Crippen molar-refractivity contribution in [2.24, 2.45) is 0 Å². The molecule has 1 amide bonds. The Morgan fingerprint density at radius 1 is 1.22 bits per heavy atom. The second-order valence-corrected chi connectivity index (χ2v) is 5.34. The molecule has 2 aliphatic rings. The van der Waals surface area contributed by atoms with Gasteiger partial charge in [0.1, 0.15) is 5.75 Å². The maximum Gasteiger partial charge on any atom is 0.265 e. The van der Waals surface area contributed by atoms with Gasteiger partial charge in [-0.2, -0.15) is 0 Å². The van der Waals surface area contributed by atoms with E-state index >= 15 is 0 Å². The summed E-state index contributed by atoms with van der Waals surface area (Å²) >= 11 is 0. The van der Waals surface area contributed by atoms with Gasteiger partial charge in [-0.1, -0.05) is 25.3 Å². The highest BCUT2D eigenvalue weighted by molar-refractivity contribution is 5.97. The Balaban J connectivity index is 1.86. The summed E-state index contributed by atoms with van der Waals surface area (Å²) in [6.07, 6.45) is 6.15. The normalized spacial score (nSPS) is 24.1. The highest BCUT2D eigenvalue weighted by atomic mass is 16.5. The molecule has 96 valence electrons. The first-order valence-corrected chi connectivity index (χ1v) is 6.85. The fraction of sp³-hybridized carbons (Fsp3) is 0.533. The van der Waals surface area contributed by atoms with Crippen molar-refractivity contribution < 1.29 is 9.53 Å². The maximum absolute atomic E-state index is 11.6. The summed E-state index contributed by atoms with van der Waals surface area (Å²) in [5.41, 5.74) is 2.17. The van der Waals surface area contributed by atoms with Crippen LogP contribution in [0.25, 0.3) is 0 Å². The molecule has 3 heteroatoms. The molecule has 0 radical (unpaired) electrons. The minimum atomic E-state index is -0.391. The van der Waals surface area contributed by atoms with Crippen molar-refractivity contribution in [3.8, 4) is 5.75 Å². The molecule has 0 saturated heterocycles. The minimum Gasteiger partial charge on any atom is -0.479 e. The lowest BCUT2D eigenvalue weighted by molar-refractivity contribution is -0.122. The maximum atomic E-state index is 11.6. The molecule has 1 N–H and O–H groups in total. The van der Waals surface area contributed by atoms with E-state index in [1.165, 1.54) is 37.7 Å². The van der Waals surface area contributed by atoms with Gasteiger partial charge in [-0.15, -0.1) is 0 Å². The fourth-order valence-corrected chi connectivity index (χ4v) is 2.92. The SMILES string of the molecule is CC1Oc2ccc(C3CCCCC3)cc2NC1=O. The topological polar surface area (TPSA) is 38.3 Å². The van der Waals surface area contributed by atoms with Crippen molar-refractivity contribution in [3.05, 3.63) is 23.8 Å². The van der Waals surface area contributed by atoms with Crippen LogP contribution >= 0.6 is 0 Å². The summed E-state index contributed by atoms with van der Waals surface area (Å²) in [6, 6.07) is 6.24. The van der Waals surface area contributed by atoms with Gasteiger partial charge < -0.3 is 10.1 Å². The molecular weight excluding hydrogens is 226 g/mol. The molecule has 1 atom stereocenters. The summed E-state index contributed by atoms with van der Waals surface area (Å²) in [6.45, 7) is 1.77. The lowest BCUT2D eigenvalue weighted by Crippen LogP contribution is -2.34. The van der Waals surface area contributed by atoms with E-state index < -0.39 is 6.10 Å². The molecule has 0 aromatic heterocycles. The average molecular weight is 245 g/mol. The molecule has 1 heterocycles. The summed E-state index contributed by atoms with van der Waals surface area (Å²) in [7, 11) is 0. The number of hydrogen-bond acceptors (Lipinski definition) is 2. The molecule has 1 aliphatic carbocycles. The Hall–Kier alpha value is -1.51. The Morgan fingerprint density at radius 2 is 2.00 bits per heavy atom. The zero-order chi connectivity index (χ0) is 12.5. The van der Waals surface area contributed by atoms with Crippen LogP contribution in [0.3, 0.4) is 0 Å². The number of ether oxygens (including phenoxy) is 1. The van der Waals surface area contributed by atoms with E-state index in [9.17, 15) is 4.79 Å². The molecule has 18 heavy (non-hydrogen) atoms. The van der Waals surface area contributed by atoms with E-state index in [4.69, 9.17) is 4.74 Å². The number of anilines is 1. The molecule has 1 saturated carbocycles. The van der Waals surface area contributed by atoms with E-state index in [2.05, 4.69) is 17.4 Å². The summed E-state index contributed by atoms with van der Waals surface area (Å²) in [5.74, 6) is 1.39. The molecule has 1 aliphatic heterocycles. The Labute approximate surface area is 108 Å². The number of hydrogen-bond donors (Lipinski definition) is 1. The molecular formula is C15H19NO2. The fourth-order valence-electron chi connectivity index (χ4n) is 2.92. The summed E-state index contributed by atoms with van der Waals surface area (Å²) in [4.78, 5) is 11.6. The van der Waals surface area contributed by atoms with Crippen LogP contribution in [0.5, 0.6) is 5.75 Å². The number of fused-ring (bicyclic) bond motifs is 1. The summed E-state index contributed by atoms with van der Waals surface area (Å²) in [5, 5.41) is 2.93. The van der Waals surface area contributed by atoms with Crippen molar-refractivity contribution in [1.82, 2.24) is 0 Å². The molecule has 3 nitrogen and oxygen atoms in total. The smallest absolute Gasteiger partial charge is 0.265 e. The average Bonchev–Trinajstić information content (AvgIpc) is 2.41. The first-order valence-electron chi connectivity index (χ1n) is 6.85. The van der Waals surface area contributed by atoms with Crippen LogP contribution < -0.4 is 10.1 Å². The van der Waals surface area contributed by atoms with Crippen LogP contribution in [0, 0.1) is 0 Å². The molecule has 1 fully saturated rings. The summed E-state index contributed by atoms with van der Waals surface area (Å²) < 4.78 is 5.57. The highest BCUT2D eigenvalue weighted by Gasteiger charge is 2.24. The molecule has 1 unspecified atom stereocenters. The van der Waals surface area contributed by atoms with Crippen molar-refractivity contribution in [2.45, 2.75) is 51.0 Å². The molecule has 0 spiro atoms. The number of benzene rings is 1. The highest BCUT2D eigenvalue weighted by Crippen LogP contribution is 2.37. The van der Waals surface area contributed by atoms with Gasteiger partial charge in [0.25, 0.3) is 5.91 Å². The van der Waals surface area contributed by atoms with Crippen molar-refractivity contribution in [3.63, 3.8) is 0 Å². The Morgan fingerprint density at radius 3 is 2.78 bits per heavy atom. The van der Waals surface area contributed by atoms with E-state index in [-0.39, 0.29) is 5.91 Å². The monoisotopic (exact) mass is 245 g/mol. The van der Waals surface area contributed by atoms with Crippen molar-refractivity contribution >= 4 is 11.6 Å². The minimum absolute atomic E-state index is 0.0525. The third-order valence-electron chi connectivity index (χ3n) is 4.01. The van der Waals surface area contributed by atoms with Gasteiger partial charge in [-0.05, 0) is 43.4 Å². The first kappa shape index (κ1) is 11.6. The van der Waals surface area contributed by atoms with E-state index in [1.54, 1.807) is 6.92 Å². The van der Waals surface area contributed by atoms with Crippen molar-refractivity contribution in [2.75, 3.05) is 5.32 Å². The van der Waals surface area contributed by atoms with Crippen molar-refractivity contribution in [1.29, 1.82) is 0 Å². The first-order chi connectivity index (χ1) is 8.74. The zero-order valence-corrected chi connectivity index (χ0v) is 10.7. The van der Waals surface area contributed by atoms with E-state index in [1.807, 2.05) is 6.07 Å². The van der Waals surface area contributed by atoms with Crippen LogP contribution in [0.2, 0.25) is 0 Å². The van der Waals surface area contributed by atoms with Crippen LogP contribution in [-0.4, -0.2) is 12.0 Å². The van der Waals surface area contributed by atoms with Gasteiger partial charge in [-0.3, -0.25) is 4.79 Å². The third-order valence-corrected chi connectivity index (χ3v) is 4.01. The number of amides is 1. The van der Waals surface area contributed by atoms with Gasteiger partial charge in [0, 0.05) is 0 Å². The van der Waals surface area contributed by atoms with E-state index in [0.717, 1.165) is 11.4 Å². The zero-order valence-electron chi connectivity index (χ0n) is 10.7. The Kier molecular flexibility index (Phi) is 2.98. The van der Waals surface area contributed by atoms with E-state index in [0.29, 0.717) is 5.92 Å². The van der Waals surface area contributed by atoms with Crippen LogP contribution in [-0.2, 0) is 4.79 Å². The van der Waals surface area contributed by atoms with Gasteiger partial charge in [0.15, 0.2) is 6.10 Å². The number of carbonyl (C=O) groups is 1. The number of carbonyl (C=O) groups excluding carboxylic acids is 1. The molecule has 1 aromatic carbocycles. The second-order valence-electron chi connectivity index (χ2n) is 5.34. The van der Waals surface area contributed by atoms with Crippen LogP contribution in [0.4, 0.5) is 5.69 Å². The van der Waals surface area contributed by atoms with Crippen LogP contribution in [0.15, 0.2) is 18.2 Å². The molecule has 3 rings (SSSR count). The van der Waals surface area contributed by atoms with Gasteiger partial charge in [0.05, 0.1) is 5.69 Å². The second kappa shape index (κ2) is 4.63. The Bertz CT molecular complexity index is 464. The van der Waals surface area contributed by atoms with Gasteiger partial charge >= 0.3 is 0 Å². The predicted molar refractivity (Wildman–Crippen MR) is 71.0 cm³/mol. The lowest BCUT2D eigenvalue weighted by atomic mass is 9.84. The standard InChI is InChI=1S/C15H19NO2/c1-10-15(17)16-13-9-12(7-8-14(13)18-10)11-5-3-2-4-6-11/h7-11H,2-6H2,1H3,(H,16,17). The third kappa shape index (κ3) is 2.09. The lowest BCUT2D eigenvalue weighted by Gasteiger charge is -2.26. The molecule has 0 bridgehead atoms. The number of nitrogens with one attached hydrogen (secondary N) is 1. The predicted octanol–water partition coefficient (Wildman–Crippen LogP) is 3.45. The quantitative estimate of drug-likeness (QED) is 0.823. The number of rotatable bonds is 1. The molecule has 1 aromatic rings. The van der Waals surface area contributed by atoms with Crippen LogP contribution in [0.1, 0.15) is 50.5 Å². The largest absolute Gasteiger partial charge is 0.479 e.